The molecule has 1 aromatic heterocycles. The molecule has 6 rings (SSSR count). The van der Waals surface area contributed by atoms with Crippen LogP contribution in [-0.2, 0) is 11.3 Å². The van der Waals surface area contributed by atoms with Gasteiger partial charge in [0.25, 0.3) is 0 Å². The lowest BCUT2D eigenvalue weighted by molar-refractivity contribution is -0.00981. The van der Waals surface area contributed by atoms with E-state index in [4.69, 9.17) is 9.47 Å². The van der Waals surface area contributed by atoms with Crippen LogP contribution in [-0.4, -0.2) is 40.5 Å². The van der Waals surface area contributed by atoms with E-state index in [0.717, 1.165) is 27.6 Å². The number of pyridine rings is 1. The molecule has 36 heavy (non-hydrogen) atoms. The number of hydrogen-bond acceptors (Lipinski definition) is 5. The summed E-state index contributed by atoms with van der Waals surface area (Å²) in [7, 11) is 0. The predicted octanol–water partition coefficient (Wildman–Crippen LogP) is 6.04. The van der Waals surface area contributed by atoms with Crippen LogP contribution in [0.3, 0.4) is 0 Å². The van der Waals surface area contributed by atoms with E-state index >= 15 is 0 Å². The second kappa shape index (κ2) is 9.11. The van der Waals surface area contributed by atoms with Gasteiger partial charge in [-0.25, -0.2) is 4.79 Å². The fourth-order valence-electron chi connectivity index (χ4n) is 5.19. The first-order chi connectivity index (χ1) is 17.6. The smallest absolute Gasteiger partial charge is 0.410 e. The van der Waals surface area contributed by atoms with Crippen LogP contribution < -0.4 is 4.74 Å². The molecule has 6 heteroatoms. The standard InChI is InChI=1S/C30H26N2O4/c33-26-19-30(13-16-32(17-14-30)29(34)35-20-21-6-2-1-3-7-21)36-27-18-23(11-12-25(26)27)24-10-4-8-22-9-5-15-31-28(22)24/h1-12,15,18H,13-14,16-17,19-20H2. The minimum absolute atomic E-state index is 0.0824. The maximum Gasteiger partial charge on any atom is 0.410 e. The number of ether oxygens (including phenoxy) is 2. The quantitative estimate of drug-likeness (QED) is 0.359. The highest BCUT2D eigenvalue weighted by molar-refractivity contribution is 6.02. The molecule has 180 valence electrons. The van der Waals surface area contributed by atoms with Crippen molar-refractivity contribution in [1.82, 2.24) is 9.88 Å². The SMILES string of the molecule is O=C1CC2(CCN(C(=O)OCc3ccccc3)CC2)Oc2cc(-c3cccc4cccnc34)ccc21. The molecule has 6 nitrogen and oxygen atoms in total. The van der Waals surface area contributed by atoms with Crippen molar-refractivity contribution in [3.05, 3.63) is 96.2 Å². The number of benzene rings is 3. The third kappa shape index (κ3) is 4.19. The Labute approximate surface area is 209 Å². The van der Waals surface area contributed by atoms with Gasteiger partial charge in [0.05, 0.1) is 17.5 Å². The predicted molar refractivity (Wildman–Crippen MR) is 137 cm³/mol. The number of para-hydroxylation sites is 1. The zero-order valence-corrected chi connectivity index (χ0v) is 19.9. The van der Waals surface area contributed by atoms with Gasteiger partial charge in [-0.15, -0.1) is 0 Å². The zero-order valence-electron chi connectivity index (χ0n) is 19.9. The number of Topliss-reactive ketones (excluding diaryl/α,β-unsaturated/α-hetero) is 1. The molecule has 1 spiro atoms. The largest absolute Gasteiger partial charge is 0.486 e. The molecular formula is C30H26N2O4. The Hall–Kier alpha value is -4.19. The van der Waals surface area contributed by atoms with E-state index < -0.39 is 5.60 Å². The summed E-state index contributed by atoms with van der Waals surface area (Å²) < 4.78 is 12.0. The van der Waals surface area contributed by atoms with Crippen molar-refractivity contribution in [2.45, 2.75) is 31.5 Å². The average Bonchev–Trinajstić information content (AvgIpc) is 2.92. The molecule has 3 aromatic carbocycles. The number of carbonyl (C=O) groups excluding carboxylic acids is 2. The lowest BCUT2D eigenvalue weighted by Crippen LogP contribution is -2.52. The summed E-state index contributed by atoms with van der Waals surface area (Å²) in [6.07, 6.45) is 2.94. The maximum atomic E-state index is 13.1. The Kier molecular flexibility index (Phi) is 5.64. The first kappa shape index (κ1) is 22.3. The highest BCUT2D eigenvalue weighted by atomic mass is 16.6. The van der Waals surface area contributed by atoms with Crippen molar-refractivity contribution >= 4 is 22.8 Å². The van der Waals surface area contributed by atoms with E-state index in [1.54, 1.807) is 11.1 Å². The summed E-state index contributed by atoms with van der Waals surface area (Å²) in [5.74, 6) is 0.690. The first-order valence-corrected chi connectivity index (χ1v) is 12.3. The number of carbonyl (C=O) groups is 2. The lowest BCUT2D eigenvalue weighted by atomic mass is 9.82. The summed E-state index contributed by atoms with van der Waals surface area (Å²) in [5.41, 5.74) is 3.85. The van der Waals surface area contributed by atoms with Crippen molar-refractivity contribution in [3.63, 3.8) is 0 Å². The molecule has 2 aliphatic rings. The Morgan fingerprint density at radius 1 is 0.944 bits per heavy atom. The molecule has 0 N–H and O–H groups in total. The molecule has 0 bridgehead atoms. The molecule has 1 saturated heterocycles. The number of likely N-dealkylation sites (tertiary alicyclic amines) is 1. The normalized spacial score (nSPS) is 16.4. The summed E-state index contributed by atoms with van der Waals surface area (Å²) >= 11 is 0. The topological polar surface area (TPSA) is 68.7 Å². The van der Waals surface area contributed by atoms with Crippen LogP contribution in [0, 0.1) is 0 Å². The number of hydrogen-bond donors (Lipinski definition) is 0. The minimum atomic E-state index is -0.601. The number of nitrogens with zero attached hydrogens (tertiary/aromatic N) is 2. The second-order valence-electron chi connectivity index (χ2n) is 9.50. The molecular weight excluding hydrogens is 452 g/mol. The van der Waals surface area contributed by atoms with E-state index in [2.05, 4.69) is 4.98 Å². The molecule has 0 unspecified atom stereocenters. The van der Waals surface area contributed by atoms with Crippen molar-refractivity contribution in [2.75, 3.05) is 13.1 Å². The number of fused-ring (bicyclic) bond motifs is 2. The van der Waals surface area contributed by atoms with Gasteiger partial charge in [-0.05, 0) is 29.3 Å². The minimum Gasteiger partial charge on any atom is -0.486 e. The van der Waals surface area contributed by atoms with Gasteiger partial charge in [0.1, 0.15) is 18.0 Å². The molecule has 1 fully saturated rings. The van der Waals surface area contributed by atoms with Crippen LogP contribution in [0.4, 0.5) is 4.79 Å². The van der Waals surface area contributed by atoms with Crippen LogP contribution >= 0.6 is 0 Å². The first-order valence-electron chi connectivity index (χ1n) is 12.3. The van der Waals surface area contributed by atoms with Crippen LogP contribution in [0.2, 0.25) is 0 Å². The Morgan fingerprint density at radius 3 is 2.58 bits per heavy atom. The summed E-state index contributed by atoms with van der Waals surface area (Å²) in [6.45, 7) is 1.22. The lowest BCUT2D eigenvalue weighted by Gasteiger charge is -2.43. The molecule has 1 amide bonds. The van der Waals surface area contributed by atoms with Gasteiger partial charge in [0.2, 0.25) is 0 Å². The third-order valence-electron chi connectivity index (χ3n) is 7.17. The Bertz CT molecular complexity index is 1440. The van der Waals surface area contributed by atoms with E-state index in [1.807, 2.05) is 78.9 Å². The van der Waals surface area contributed by atoms with Gasteiger partial charge in [0.15, 0.2) is 5.78 Å². The highest BCUT2D eigenvalue weighted by Crippen LogP contribution is 2.41. The van der Waals surface area contributed by atoms with Gasteiger partial charge in [-0.3, -0.25) is 9.78 Å². The fraction of sp³-hybridized carbons (Fsp3) is 0.233. The van der Waals surface area contributed by atoms with Crippen LogP contribution in [0.5, 0.6) is 5.75 Å². The van der Waals surface area contributed by atoms with E-state index in [0.29, 0.717) is 43.7 Å². The van der Waals surface area contributed by atoms with Gasteiger partial charge in [0, 0.05) is 43.1 Å². The monoisotopic (exact) mass is 478 g/mol. The van der Waals surface area contributed by atoms with Crippen LogP contribution in [0.1, 0.15) is 35.2 Å². The molecule has 3 heterocycles. The number of rotatable bonds is 3. The Morgan fingerprint density at radius 2 is 1.75 bits per heavy atom. The number of amides is 1. The number of ketones is 1. The molecule has 0 radical (unpaired) electrons. The van der Waals surface area contributed by atoms with E-state index in [-0.39, 0.29) is 18.5 Å². The number of aromatic nitrogens is 1. The second-order valence-corrected chi connectivity index (χ2v) is 9.50. The Balaban J connectivity index is 1.18. The van der Waals surface area contributed by atoms with Crippen LogP contribution in [0.15, 0.2) is 85.1 Å². The molecule has 0 saturated carbocycles. The van der Waals surface area contributed by atoms with Gasteiger partial charge >= 0.3 is 6.09 Å². The third-order valence-corrected chi connectivity index (χ3v) is 7.17. The van der Waals surface area contributed by atoms with Gasteiger partial charge < -0.3 is 14.4 Å². The highest BCUT2D eigenvalue weighted by Gasteiger charge is 2.44. The molecule has 4 aromatic rings. The van der Waals surface area contributed by atoms with Crippen LogP contribution in [0.25, 0.3) is 22.0 Å². The van der Waals surface area contributed by atoms with E-state index in [9.17, 15) is 9.59 Å². The average molecular weight is 479 g/mol. The maximum absolute atomic E-state index is 13.1. The number of piperidine rings is 1. The summed E-state index contributed by atoms with van der Waals surface area (Å²) in [5, 5.41) is 1.06. The molecule has 2 aliphatic heterocycles. The van der Waals surface area contributed by atoms with Crippen molar-refractivity contribution in [2.24, 2.45) is 0 Å². The van der Waals surface area contributed by atoms with E-state index in [1.165, 1.54) is 0 Å². The van der Waals surface area contributed by atoms with Crippen molar-refractivity contribution in [3.8, 4) is 16.9 Å². The van der Waals surface area contributed by atoms with Crippen molar-refractivity contribution in [1.29, 1.82) is 0 Å². The fourth-order valence-corrected chi connectivity index (χ4v) is 5.19. The zero-order chi connectivity index (χ0) is 24.5. The molecule has 0 aliphatic carbocycles. The summed E-state index contributed by atoms with van der Waals surface area (Å²) in [6, 6.07) is 25.5. The summed E-state index contributed by atoms with van der Waals surface area (Å²) in [4.78, 5) is 32.0. The van der Waals surface area contributed by atoms with Crippen molar-refractivity contribution < 1.29 is 19.1 Å². The molecule has 0 atom stereocenters. The van der Waals surface area contributed by atoms with Gasteiger partial charge in [-0.2, -0.15) is 0 Å². The van der Waals surface area contributed by atoms with Gasteiger partial charge in [-0.1, -0.05) is 60.7 Å².